The van der Waals surface area contributed by atoms with Gasteiger partial charge in [0.25, 0.3) is 0 Å². The van der Waals surface area contributed by atoms with Crippen molar-refractivity contribution in [2.75, 3.05) is 19.7 Å². The molecule has 0 aromatic heterocycles. The third kappa shape index (κ3) is 2.68. The fraction of sp³-hybridized carbons (Fsp3) is 1.00. The molecule has 0 amide bonds. The minimum absolute atomic E-state index is 0.316. The largest absolute Gasteiger partial charge is 0.396 e. The van der Waals surface area contributed by atoms with Gasteiger partial charge in [0.05, 0.1) is 0 Å². The first-order valence-corrected chi connectivity index (χ1v) is 5.54. The lowest BCUT2D eigenvalue weighted by Crippen LogP contribution is -2.53. The van der Waals surface area contributed by atoms with Crippen molar-refractivity contribution in [3.8, 4) is 0 Å². The third-order valence-electron chi connectivity index (χ3n) is 3.37. The van der Waals surface area contributed by atoms with E-state index < -0.39 is 0 Å². The van der Waals surface area contributed by atoms with Crippen LogP contribution >= 0.6 is 0 Å². The molecule has 1 aliphatic heterocycles. The summed E-state index contributed by atoms with van der Waals surface area (Å²) in [5, 5.41) is 9.02. The second-order valence-corrected chi connectivity index (χ2v) is 4.51. The maximum absolute atomic E-state index is 9.02. The predicted octanol–water partition coefficient (Wildman–Crippen LogP) is 1.74. The maximum Gasteiger partial charge on any atom is 0.0471 e. The molecule has 0 saturated carbocycles. The summed E-state index contributed by atoms with van der Waals surface area (Å²) < 4.78 is 0. The summed E-state index contributed by atoms with van der Waals surface area (Å²) >= 11 is 0. The van der Waals surface area contributed by atoms with E-state index in [0.29, 0.717) is 18.6 Å². The SMILES string of the molecule is CCCC1CN(C(C)C(C)CO)C1. The van der Waals surface area contributed by atoms with Crippen molar-refractivity contribution in [1.29, 1.82) is 0 Å². The first-order valence-electron chi connectivity index (χ1n) is 5.54. The van der Waals surface area contributed by atoms with Crippen LogP contribution in [0.25, 0.3) is 0 Å². The molecule has 78 valence electrons. The van der Waals surface area contributed by atoms with Crippen LogP contribution in [0, 0.1) is 11.8 Å². The zero-order chi connectivity index (χ0) is 9.84. The predicted molar refractivity (Wildman–Crippen MR) is 55.7 cm³/mol. The molecule has 0 aliphatic carbocycles. The van der Waals surface area contributed by atoms with Crippen LogP contribution in [0.15, 0.2) is 0 Å². The molecule has 1 heterocycles. The van der Waals surface area contributed by atoms with E-state index in [1.807, 2.05) is 0 Å². The van der Waals surface area contributed by atoms with Crippen molar-refractivity contribution in [3.05, 3.63) is 0 Å². The van der Waals surface area contributed by atoms with Crippen LogP contribution < -0.4 is 0 Å². The van der Waals surface area contributed by atoms with Gasteiger partial charge in [0.1, 0.15) is 0 Å². The minimum atomic E-state index is 0.316. The van der Waals surface area contributed by atoms with Gasteiger partial charge in [0, 0.05) is 25.7 Å². The normalized spacial score (nSPS) is 24.0. The molecule has 2 unspecified atom stereocenters. The zero-order valence-corrected chi connectivity index (χ0v) is 9.16. The van der Waals surface area contributed by atoms with Crippen LogP contribution in [0.5, 0.6) is 0 Å². The summed E-state index contributed by atoms with van der Waals surface area (Å²) in [5.74, 6) is 1.35. The highest BCUT2D eigenvalue weighted by Crippen LogP contribution is 2.25. The monoisotopic (exact) mass is 185 g/mol. The summed E-state index contributed by atoms with van der Waals surface area (Å²) in [6.45, 7) is 9.41. The van der Waals surface area contributed by atoms with Crippen molar-refractivity contribution in [2.24, 2.45) is 11.8 Å². The highest BCUT2D eigenvalue weighted by Gasteiger charge is 2.31. The van der Waals surface area contributed by atoms with E-state index in [2.05, 4.69) is 25.7 Å². The van der Waals surface area contributed by atoms with Crippen LogP contribution in [0.4, 0.5) is 0 Å². The molecule has 1 N–H and O–H groups in total. The lowest BCUT2D eigenvalue weighted by Gasteiger charge is -2.45. The Morgan fingerprint density at radius 3 is 2.46 bits per heavy atom. The first kappa shape index (κ1) is 11.0. The summed E-state index contributed by atoms with van der Waals surface area (Å²) in [4.78, 5) is 2.49. The van der Waals surface area contributed by atoms with Gasteiger partial charge < -0.3 is 5.11 Å². The third-order valence-corrected chi connectivity index (χ3v) is 3.37. The van der Waals surface area contributed by atoms with E-state index in [9.17, 15) is 0 Å². The Morgan fingerprint density at radius 2 is 2.00 bits per heavy atom. The molecule has 1 aliphatic rings. The summed E-state index contributed by atoms with van der Waals surface area (Å²) in [6, 6.07) is 0.554. The summed E-state index contributed by atoms with van der Waals surface area (Å²) in [5.41, 5.74) is 0. The number of aliphatic hydroxyl groups is 1. The van der Waals surface area contributed by atoms with Gasteiger partial charge >= 0.3 is 0 Å². The van der Waals surface area contributed by atoms with E-state index in [4.69, 9.17) is 5.11 Å². The molecular formula is C11H23NO. The van der Waals surface area contributed by atoms with Gasteiger partial charge in [-0.05, 0) is 25.2 Å². The molecule has 2 atom stereocenters. The highest BCUT2D eigenvalue weighted by atomic mass is 16.3. The van der Waals surface area contributed by atoms with E-state index in [1.54, 1.807) is 0 Å². The molecule has 2 nitrogen and oxygen atoms in total. The minimum Gasteiger partial charge on any atom is -0.396 e. The Kier molecular flexibility index (Phi) is 4.20. The smallest absolute Gasteiger partial charge is 0.0471 e. The zero-order valence-electron chi connectivity index (χ0n) is 9.16. The number of nitrogens with zero attached hydrogens (tertiary/aromatic N) is 1. The first-order chi connectivity index (χ1) is 6.19. The van der Waals surface area contributed by atoms with E-state index in [1.165, 1.54) is 25.9 Å². The molecule has 1 rings (SSSR count). The van der Waals surface area contributed by atoms with Crippen molar-refractivity contribution in [3.63, 3.8) is 0 Å². The fourth-order valence-corrected chi connectivity index (χ4v) is 2.05. The standard InChI is InChI=1S/C11H23NO/c1-4-5-11-6-12(7-11)10(3)9(2)8-13/h9-11,13H,4-8H2,1-3H3. The van der Waals surface area contributed by atoms with Crippen molar-refractivity contribution in [1.82, 2.24) is 4.90 Å². The Balaban J connectivity index is 2.18. The average Bonchev–Trinajstić information content (AvgIpc) is 2.08. The molecule has 0 spiro atoms. The molecule has 1 fully saturated rings. The number of aliphatic hydroxyl groups excluding tert-OH is 1. The Labute approximate surface area is 81.9 Å². The van der Waals surface area contributed by atoms with Crippen LogP contribution in [-0.4, -0.2) is 35.7 Å². The molecule has 0 aromatic carbocycles. The van der Waals surface area contributed by atoms with Crippen LogP contribution in [-0.2, 0) is 0 Å². The van der Waals surface area contributed by atoms with Gasteiger partial charge in [0.15, 0.2) is 0 Å². The van der Waals surface area contributed by atoms with Gasteiger partial charge in [0.2, 0.25) is 0 Å². The van der Waals surface area contributed by atoms with Crippen LogP contribution in [0.2, 0.25) is 0 Å². The fourth-order valence-electron chi connectivity index (χ4n) is 2.05. The quantitative estimate of drug-likeness (QED) is 0.705. The lowest BCUT2D eigenvalue weighted by molar-refractivity contribution is 0.0193. The number of hydrogen-bond donors (Lipinski definition) is 1. The molecule has 1 saturated heterocycles. The highest BCUT2D eigenvalue weighted by molar-refractivity contribution is 4.85. The molecule has 13 heavy (non-hydrogen) atoms. The van der Waals surface area contributed by atoms with Gasteiger partial charge in [-0.3, -0.25) is 4.90 Å². The average molecular weight is 185 g/mol. The van der Waals surface area contributed by atoms with E-state index in [0.717, 1.165) is 5.92 Å². The number of hydrogen-bond acceptors (Lipinski definition) is 2. The number of likely N-dealkylation sites (tertiary alicyclic amines) is 1. The van der Waals surface area contributed by atoms with Crippen molar-refractivity contribution in [2.45, 2.75) is 39.7 Å². The lowest BCUT2D eigenvalue weighted by atomic mass is 9.90. The van der Waals surface area contributed by atoms with Gasteiger partial charge in [-0.2, -0.15) is 0 Å². The Morgan fingerprint density at radius 1 is 1.38 bits per heavy atom. The van der Waals surface area contributed by atoms with Gasteiger partial charge in [-0.25, -0.2) is 0 Å². The molecule has 0 aromatic rings. The second-order valence-electron chi connectivity index (χ2n) is 4.51. The van der Waals surface area contributed by atoms with Gasteiger partial charge in [-0.15, -0.1) is 0 Å². The van der Waals surface area contributed by atoms with E-state index in [-0.39, 0.29) is 0 Å². The summed E-state index contributed by atoms with van der Waals surface area (Å²) in [7, 11) is 0. The van der Waals surface area contributed by atoms with Crippen molar-refractivity contribution >= 4 is 0 Å². The molecule has 2 heteroatoms. The van der Waals surface area contributed by atoms with Crippen molar-refractivity contribution < 1.29 is 5.11 Å². The molecule has 0 radical (unpaired) electrons. The molecular weight excluding hydrogens is 162 g/mol. The number of rotatable bonds is 5. The maximum atomic E-state index is 9.02. The molecule has 0 bridgehead atoms. The topological polar surface area (TPSA) is 23.5 Å². The second kappa shape index (κ2) is 4.97. The Bertz CT molecular complexity index is 143. The Hall–Kier alpha value is -0.0800. The van der Waals surface area contributed by atoms with Crippen LogP contribution in [0.3, 0.4) is 0 Å². The van der Waals surface area contributed by atoms with E-state index >= 15 is 0 Å². The summed E-state index contributed by atoms with van der Waals surface area (Å²) in [6.07, 6.45) is 2.68. The van der Waals surface area contributed by atoms with Gasteiger partial charge in [-0.1, -0.05) is 20.3 Å². The van der Waals surface area contributed by atoms with Crippen LogP contribution in [0.1, 0.15) is 33.6 Å².